The fourth-order valence-electron chi connectivity index (χ4n) is 3.29. The highest BCUT2D eigenvalue weighted by molar-refractivity contribution is 6.14. The van der Waals surface area contributed by atoms with Crippen LogP contribution in [0.25, 0.3) is 22.1 Å². The molecule has 4 aromatic rings. The zero-order valence-corrected chi connectivity index (χ0v) is 17.1. The number of hydrogen-bond acceptors (Lipinski definition) is 7. The highest BCUT2D eigenvalue weighted by Crippen LogP contribution is 2.34. The van der Waals surface area contributed by atoms with Crippen LogP contribution in [-0.4, -0.2) is 33.0 Å². The molecule has 33 heavy (non-hydrogen) atoms. The van der Waals surface area contributed by atoms with Crippen LogP contribution in [0.4, 0.5) is 11.4 Å². The van der Waals surface area contributed by atoms with E-state index in [1.165, 1.54) is 19.1 Å². The van der Waals surface area contributed by atoms with E-state index in [1.807, 2.05) is 6.07 Å². The summed E-state index contributed by atoms with van der Waals surface area (Å²) in [6, 6.07) is 12.5. The standard InChI is InChI=1S/C23H15N5O5/c1-12(29)26-19-9-17-20(10-15(19)14-4-6-25-7-5-14)33-28-21(17)22(30)27-18-3-2-13(11-24)8-16(18)23(31)32/h2-10H,1H3,(H,26,29)(H,27,30)(H,31,32). The predicted molar refractivity (Wildman–Crippen MR) is 118 cm³/mol. The van der Waals surface area contributed by atoms with Gasteiger partial charge >= 0.3 is 5.97 Å². The second-order valence-electron chi connectivity index (χ2n) is 6.97. The monoisotopic (exact) mass is 441 g/mol. The van der Waals surface area contributed by atoms with Gasteiger partial charge in [0, 0.05) is 30.6 Å². The van der Waals surface area contributed by atoms with E-state index >= 15 is 0 Å². The van der Waals surface area contributed by atoms with Crippen LogP contribution in [0.1, 0.15) is 33.3 Å². The number of amides is 2. The molecule has 162 valence electrons. The van der Waals surface area contributed by atoms with Gasteiger partial charge in [0.15, 0.2) is 11.3 Å². The highest BCUT2D eigenvalue weighted by atomic mass is 16.5. The van der Waals surface area contributed by atoms with Crippen LogP contribution in [0, 0.1) is 11.3 Å². The number of fused-ring (bicyclic) bond motifs is 1. The molecule has 0 saturated carbocycles. The molecule has 0 aliphatic carbocycles. The maximum absolute atomic E-state index is 12.9. The van der Waals surface area contributed by atoms with Crippen LogP contribution in [0.5, 0.6) is 0 Å². The number of nitrogens with one attached hydrogen (secondary N) is 2. The van der Waals surface area contributed by atoms with Crippen molar-refractivity contribution in [2.75, 3.05) is 10.6 Å². The van der Waals surface area contributed by atoms with Gasteiger partial charge in [-0.3, -0.25) is 14.6 Å². The van der Waals surface area contributed by atoms with Gasteiger partial charge in [0.05, 0.1) is 28.3 Å². The Bertz CT molecular complexity index is 1450. The lowest BCUT2D eigenvalue weighted by Gasteiger charge is -2.11. The third-order valence-electron chi connectivity index (χ3n) is 4.75. The van der Waals surface area contributed by atoms with Crippen molar-refractivity contribution in [2.24, 2.45) is 0 Å². The molecule has 0 fully saturated rings. The van der Waals surface area contributed by atoms with Crippen LogP contribution in [0.15, 0.2) is 59.4 Å². The molecule has 2 aromatic carbocycles. The molecular weight excluding hydrogens is 426 g/mol. The van der Waals surface area contributed by atoms with E-state index in [-0.39, 0.29) is 28.4 Å². The second-order valence-corrected chi connectivity index (χ2v) is 6.97. The number of benzene rings is 2. The van der Waals surface area contributed by atoms with Crippen molar-refractivity contribution in [3.8, 4) is 17.2 Å². The third-order valence-corrected chi connectivity index (χ3v) is 4.75. The Kier molecular flexibility index (Phi) is 5.53. The summed E-state index contributed by atoms with van der Waals surface area (Å²) in [5.41, 5.74) is 1.93. The number of carboxylic acid groups (broad SMARTS) is 1. The molecule has 0 spiro atoms. The number of aromatic nitrogens is 2. The molecule has 0 atom stereocenters. The van der Waals surface area contributed by atoms with E-state index in [1.54, 1.807) is 36.7 Å². The zero-order chi connectivity index (χ0) is 23.5. The molecule has 3 N–H and O–H groups in total. The molecule has 0 aliphatic rings. The first-order valence-corrected chi connectivity index (χ1v) is 9.57. The third kappa shape index (κ3) is 4.24. The number of hydrogen-bond donors (Lipinski definition) is 3. The first-order chi connectivity index (χ1) is 15.9. The molecule has 0 unspecified atom stereocenters. The number of carboxylic acids is 1. The predicted octanol–water partition coefficient (Wildman–Crippen LogP) is 3.67. The second kappa shape index (κ2) is 8.60. The maximum atomic E-state index is 12.9. The van der Waals surface area contributed by atoms with Crippen molar-refractivity contribution in [1.82, 2.24) is 10.1 Å². The summed E-state index contributed by atoms with van der Waals surface area (Å²) in [5.74, 6) is -2.33. The van der Waals surface area contributed by atoms with Crippen molar-refractivity contribution in [2.45, 2.75) is 6.92 Å². The van der Waals surface area contributed by atoms with Gasteiger partial charge in [0.2, 0.25) is 5.91 Å². The van der Waals surface area contributed by atoms with Gasteiger partial charge in [-0.05, 0) is 48.0 Å². The van der Waals surface area contributed by atoms with Crippen molar-refractivity contribution >= 4 is 40.1 Å². The summed E-state index contributed by atoms with van der Waals surface area (Å²) in [7, 11) is 0. The van der Waals surface area contributed by atoms with Gasteiger partial charge in [-0.25, -0.2) is 4.79 Å². The normalized spacial score (nSPS) is 10.4. The van der Waals surface area contributed by atoms with Crippen molar-refractivity contribution in [1.29, 1.82) is 5.26 Å². The quantitative estimate of drug-likeness (QED) is 0.423. The number of rotatable bonds is 5. The van der Waals surface area contributed by atoms with E-state index in [0.717, 1.165) is 11.6 Å². The van der Waals surface area contributed by atoms with Crippen LogP contribution in [0.3, 0.4) is 0 Å². The van der Waals surface area contributed by atoms with Crippen LogP contribution >= 0.6 is 0 Å². The zero-order valence-electron chi connectivity index (χ0n) is 17.1. The van der Waals surface area contributed by atoms with E-state index in [0.29, 0.717) is 22.2 Å². The van der Waals surface area contributed by atoms with Gasteiger partial charge in [-0.15, -0.1) is 0 Å². The smallest absolute Gasteiger partial charge is 0.337 e. The fraction of sp³-hybridized carbons (Fsp3) is 0.0435. The van der Waals surface area contributed by atoms with Gasteiger partial charge in [0.1, 0.15) is 0 Å². The molecule has 10 heteroatoms. The minimum atomic E-state index is -1.30. The van der Waals surface area contributed by atoms with Crippen molar-refractivity contribution in [3.05, 3.63) is 71.7 Å². The van der Waals surface area contributed by atoms with E-state index < -0.39 is 11.9 Å². The molecule has 0 aliphatic heterocycles. The average molecular weight is 441 g/mol. The molecular formula is C23H15N5O5. The summed E-state index contributed by atoms with van der Waals surface area (Å²) in [6.07, 6.45) is 3.21. The summed E-state index contributed by atoms with van der Waals surface area (Å²) in [5, 5.41) is 27.8. The lowest BCUT2D eigenvalue weighted by atomic mass is 10.0. The van der Waals surface area contributed by atoms with Crippen LogP contribution in [-0.2, 0) is 4.79 Å². The maximum Gasteiger partial charge on any atom is 0.337 e. The lowest BCUT2D eigenvalue weighted by Crippen LogP contribution is -2.15. The Morgan fingerprint density at radius 2 is 1.79 bits per heavy atom. The Morgan fingerprint density at radius 3 is 2.45 bits per heavy atom. The van der Waals surface area contributed by atoms with Gasteiger partial charge in [-0.2, -0.15) is 5.26 Å². The highest BCUT2D eigenvalue weighted by Gasteiger charge is 2.21. The topological polar surface area (TPSA) is 158 Å². The first-order valence-electron chi connectivity index (χ1n) is 9.57. The number of nitrogens with zero attached hydrogens (tertiary/aromatic N) is 3. The average Bonchev–Trinajstić information content (AvgIpc) is 3.21. The lowest BCUT2D eigenvalue weighted by molar-refractivity contribution is -0.114. The Labute approximate surface area is 186 Å². The number of nitriles is 1. The fourth-order valence-corrected chi connectivity index (χ4v) is 3.29. The minimum absolute atomic E-state index is 0.00172. The molecule has 4 rings (SSSR count). The molecule has 2 heterocycles. The van der Waals surface area contributed by atoms with E-state index in [4.69, 9.17) is 9.78 Å². The number of aromatic carboxylic acids is 1. The van der Waals surface area contributed by atoms with Gasteiger partial charge in [0.25, 0.3) is 5.91 Å². The summed E-state index contributed by atoms with van der Waals surface area (Å²) in [4.78, 5) is 40.2. The van der Waals surface area contributed by atoms with Gasteiger partial charge < -0.3 is 20.3 Å². The molecule has 0 radical (unpaired) electrons. The number of anilines is 2. The number of carbonyl (C=O) groups excluding carboxylic acids is 2. The first kappa shape index (κ1) is 21.2. The van der Waals surface area contributed by atoms with Crippen LogP contribution < -0.4 is 10.6 Å². The minimum Gasteiger partial charge on any atom is -0.478 e. The molecule has 2 amide bonds. The van der Waals surface area contributed by atoms with Crippen molar-refractivity contribution < 1.29 is 24.0 Å². The number of carbonyl (C=O) groups is 3. The largest absolute Gasteiger partial charge is 0.478 e. The molecule has 0 saturated heterocycles. The Morgan fingerprint density at radius 1 is 1.03 bits per heavy atom. The Balaban J connectivity index is 1.77. The van der Waals surface area contributed by atoms with E-state index in [2.05, 4.69) is 20.8 Å². The summed E-state index contributed by atoms with van der Waals surface area (Å²) >= 11 is 0. The summed E-state index contributed by atoms with van der Waals surface area (Å²) < 4.78 is 5.35. The van der Waals surface area contributed by atoms with E-state index in [9.17, 15) is 19.5 Å². The van der Waals surface area contributed by atoms with Crippen LogP contribution in [0.2, 0.25) is 0 Å². The van der Waals surface area contributed by atoms with Crippen molar-refractivity contribution in [3.63, 3.8) is 0 Å². The van der Waals surface area contributed by atoms with Gasteiger partial charge in [-0.1, -0.05) is 5.16 Å². The number of pyridine rings is 1. The molecule has 10 nitrogen and oxygen atoms in total. The molecule has 0 bridgehead atoms. The molecule has 2 aromatic heterocycles. The Hall–Kier alpha value is -5.04. The summed E-state index contributed by atoms with van der Waals surface area (Å²) in [6.45, 7) is 1.36. The SMILES string of the molecule is CC(=O)Nc1cc2c(C(=O)Nc3ccc(C#N)cc3C(=O)O)noc2cc1-c1ccncc1.